The van der Waals surface area contributed by atoms with Gasteiger partial charge in [0, 0.05) is 6.61 Å². The highest BCUT2D eigenvalue weighted by Crippen LogP contribution is 2.18. The van der Waals surface area contributed by atoms with Crippen LogP contribution in [-0.4, -0.2) is 31.1 Å². The Kier molecular flexibility index (Phi) is 5.41. The van der Waals surface area contributed by atoms with E-state index in [2.05, 4.69) is 20.9 Å². The largest absolute Gasteiger partial charge is 0.490 e. The van der Waals surface area contributed by atoms with Crippen LogP contribution in [0.3, 0.4) is 0 Å². The van der Waals surface area contributed by atoms with Crippen LogP contribution in [0.5, 0.6) is 5.75 Å². The normalized spacial score (nSPS) is 19.8. The topological polar surface area (TPSA) is 40.6 Å². The molecule has 1 saturated heterocycles. The summed E-state index contributed by atoms with van der Waals surface area (Å²) in [6.45, 7) is 3.85. The standard InChI is InChI=1S/C13H18BrNO3/c1-10-8-11(9-15-13(10)14)16-6-7-18-12-4-2-3-5-17-12/h8-9,12H,2-7H2,1H3. The minimum Gasteiger partial charge on any atom is -0.490 e. The maximum Gasteiger partial charge on any atom is 0.157 e. The van der Waals surface area contributed by atoms with Crippen molar-refractivity contribution in [2.45, 2.75) is 32.5 Å². The number of nitrogens with zero attached hydrogens (tertiary/aromatic N) is 1. The molecule has 5 heteroatoms. The maximum atomic E-state index is 5.58. The number of pyridine rings is 1. The molecule has 0 aromatic carbocycles. The molecule has 0 bridgehead atoms. The summed E-state index contributed by atoms with van der Waals surface area (Å²) >= 11 is 3.36. The van der Waals surface area contributed by atoms with E-state index in [9.17, 15) is 0 Å². The second-order valence-corrected chi connectivity index (χ2v) is 5.05. The van der Waals surface area contributed by atoms with Gasteiger partial charge in [0.1, 0.15) is 17.0 Å². The highest BCUT2D eigenvalue weighted by Gasteiger charge is 2.13. The van der Waals surface area contributed by atoms with E-state index >= 15 is 0 Å². The molecule has 2 heterocycles. The third kappa shape index (κ3) is 4.23. The Morgan fingerprint density at radius 2 is 2.33 bits per heavy atom. The first-order valence-corrected chi connectivity index (χ1v) is 7.03. The lowest BCUT2D eigenvalue weighted by Gasteiger charge is -2.22. The van der Waals surface area contributed by atoms with Crippen LogP contribution in [0.25, 0.3) is 0 Å². The van der Waals surface area contributed by atoms with Gasteiger partial charge in [0.15, 0.2) is 6.29 Å². The molecule has 0 amide bonds. The molecule has 0 aliphatic carbocycles. The predicted octanol–water partition coefficient (Wildman–Crippen LogP) is 3.07. The summed E-state index contributed by atoms with van der Waals surface area (Å²) in [6, 6.07) is 1.95. The summed E-state index contributed by atoms with van der Waals surface area (Å²) in [5.74, 6) is 0.767. The van der Waals surface area contributed by atoms with Gasteiger partial charge in [-0.1, -0.05) is 0 Å². The van der Waals surface area contributed by atoms with Crippen LogP contribution in [0.2, 0.25) is 0 Å². The molecule has 1 unspecified atom stereocenters. The van der Waals surface area contributed by atoms with Crippen molar-refractivity contribution >= 4 is 15.9 Å². The maximum absolute atomic E-state index is 5.58. The molecule has 18 heavy (non-hydrogen) atoms. The van der Waals surface area contributed by atoms with Gasteiger partial charge < -0.3 is 14.2 Å². The Morgan fingerprint density at radius 1 is 1.44 bits per heavy atom. The molecule has 0 N–H and O–H groups in total. The lowest BCUT2D eigenvalue weighted by Crippen LogP contribution is -2.24. The van der Waals surface area contributed by atoms with Crippen LogP contribution < -0.4 is 4.74 Å². The van der Waals surface area contributed by atoms with Gasteiger partial charge in [-0.15, -0.1) is 0 Å². The Hall–Kier alpha value is -0.650. The number of hydrogen-bond acceptors (Lipinski definition) is 4. The van der Waals surface area contributed by atoms with Crippen molar-refractivity contribution in [3.8, 4) is 5.75 Å². The van der Waals surface area contributed by atoms with Crippen LogP contribution in [0.15, 0.2) is 16.9 Å². The van der Waals surface area contributed by atoms with Crippen molar-refractivity contribution in [3.63, 3.8) is 0 Å². The van der Waals surface area contributed by atoms with E-state index in [1.54, 1.807) is 6.20 Å². The molecule has 4 nitrogen and oxygen atoms in total. The fourth-order valence-corrected chi connectivity index (χ4v) is 2.01. The van der Waals surface area contributed by atoms with Crippen LogP contribution in [0, 0.1) is 6.92 Å². The van der Waals surface area contributed by atoms with Gasteiger partial charge in [0.25, 0.3) is 0 Å². The Morgan fingerprint density at radius 3 is 3.06 bits per heavy atom. The molecule has 1 fully saturated rings. The second kappa shape index (κ2) is 7.07. The monoisotopic (exact) mass is 315 g/mol. The molecule has 1 atom stereocenters. The fourth-order valence-electron chi connectivity index (χ4n) is 1.79. The summed E-state index contributed by atoms with van der Waals surface area (Å²) in [5, 5.41) is 0. The van der Waals surface area contributed by atoms with E-state index in [1.165, 1.54) is 6.42 Å². The summed E-state index contributed by atoms with van der Waals surface area (Å²) in [4.78, 5) is 4.17. The first-order valence-electron chi connectivity index (χ1n) is 6.24. The van der Waals surface area contributed by atoms with E-state index in [-0.39, 0.29) is 6.29 Å². The summed E-state index contributed by atoms with van der Waals surface area (Å²) in [6.07, 6.45) is 4.96. The Labute approximate surface area is 116 Å². The van der Waals surface area contributed by atoms with Gasteiger partial charge in [-0.25, -0.2) is 4.98 Å². The number of aryl methyl sites for hydroxylation is 1. The van der Waals surface area contributed by atoms with Gasteiger partial charge in [0.2, 0.25) is 0 Å². The zero-order valence-electron chi connectivity index (χ0n) is 10.5. The molecule has 0 radical (unpaired) electrons. The van der Waals surface area contributed by atoms with Crippen molar-refractivity contribution in [1.29, 1.82) is 0 Å². The van der Waals surface area contributed by atoms with Crippen molar-refractivity contribution in [3.05, 3.63) is 22.4 Å². The lowest BCUT2D eigenvalue weighted by atomic mass is 10.2. The average molecular weight is 316 g/mol. The van der Waals surface area contributed by atoms with E-state index in [0.29, 0.717) is 13.2 Å². The van der Waals surface area contributed by atoms with Gasteiger partial charge >= 0.3 is 0 Å². The number of ether oxygens (including phenoxy) is 3. The first kappa shape index (κ1) is 13.8. The first-order chi connectivity index (χ1) is 8.75. The van der Waals surface area contributed by atoms with Gasteiger partial charge in [-0.2, -0.15) is 0 Å². The summed E-state index contributed by atoms with van der Waals surface area (Å²) in [7, 11) is 0. The molecular formula is C13H18BrNO3. The minimum atomic E-state index is -0.0490. The van der Waals surface area contributed by atoms with Crippen molar-refractivity contribution < 1.29 is 14.2 Å². The predicted molar refractivity (Wildman–Crippen MR) is 71.7 cm³/mol. The molecule has 100 valence electrons. The number of aromatic nitrogens is 1. The van der Waals surface area contributed by atoms with E-state index in [1.807, 2.05) is 13.0 Å². The number of hydrogen-bond donors (Lipinski definition) is 0. The number of rotatable bonds is 5. The van der Waals surface area contributed by atoms with Crippen molar-refractivity contribution in [2.24, 2.45) is 0 Å². The second-order valence-electron chi connectivity index (χ2n) is 4.29. The molecule has 1 aromatic heterocycles. The molecule has 1 aliphatic heterocycles. The van der Waals surface area contributed by atoms with E-state index < -0.39 is 0 Å². The SMILES string of the molecule is Cc1cc(OCCOC2CCCCO2)cnc1Br. The summed E-state index contributed by atoms with van der Waals surface area (Å²) < 4.78 is 17.5. The van der Waals surface area contributed by atoms with Gasteiger partial charge in [-0.05, 0) is 53.7 Å². The minimum absolute atomic E-state index is 0.0490. The molecule has 1 aromatic rings. The highest BCUT2D eigenvalue weighted by molar-refractivity contribution is 9.10. The van der Waals surface area contributed by atoms with Crippen LogP contribution in [0.4, 0.5) is 0 Å². The van der Waals surface area contributed by atoms with Crippen LogP contribution in [-0.2, 0) is 9.47 Å². The zero-order valence-corrected chi connectivity index (χ0v) is 12.1. The molecular weight excluding hydrogens is 298 g/mol. The van der Waals surface area contributed by atoms with E-state index in [4.69, 9.17) is 14.2 Å². The van der Waals surface area contributed by atoms with E-state index in [0.717, 1.165) is 35.4 Å². The molecule has 0 spiro atoms. The third-order valence-corrected chi connectivity index (χ3v) is 3.61. The van der Waals surface area contributed by atoms with Gasteiger partial charge in [-0.3, -0.25) is 0 Å². The Balaban J connectivity index is 1.66. The van der Waals surface area contributed by atoms with Crippen molar-refractivity contribution in [2.75, 3.05) is 19.8 Å². The average Bonchev–Trinajstić information content (AvgIpc) is 2.40. The van der Waals surface area contributed by atoms with Crippen molar-refractivity contribution in [1.82, 2.24) is 4.98 Å². The number of halogens is 1. The van der Waals surface area contributed by atoms with Gasteiger partial charge in [0.05, 0.1) is 12.8 Å². The smallest absolute Gasteiger partial charge is 0.157 e. The summed E-state index contributed by atoms with van der Waals surface area (Å²) in [5.41, 5.74) is 1.06. The quantitative estimate of drug-likeness (QED) is 0.618. The Bertz CT molecular complexity index is 380. The third-order valence-electron chi connectivity index (χ3n) is 2.78. The molecule has 2 rings (SSSR count). The highest BCUT2D eigenvalue weighted by atomic mass is 79.9. The van der Waals surface area contributed by atoms with Crippen LogP contribution >= 0.6 is 15.9 Å². The molecule has 0 saturated carbocycles. The fraction of sp³-hybridized carbons (Fsp3) is 0.615. The van der Waals surface area contributed by atoms with Crippen LogP contribution in [0.1, 0.15) is 24.8 Å². The lowest BCUT2D eigenvalue weighted by molar-refractivity contribution is -0.165. The molecule has 1 aliphatic rings. The zero-order chi connectivity index (χ0) is 12.8.